The van der Waals surface area contributed by atoms with Crippen LogP contribution in [0, 0.1) is 39.0 Å². The van der Waals surface area contributed by atoms with Crippen LogP contribution in [0.1, 0.15) is 27.8 Å². The van der Waals surface area contributed by atoms with Crippen LogP contribution in [0.4, 0.5) is 0 Å². The molecule has 0 N–H and O–H groups in total. The van der Waals surface area contributed by atoms with Gasteiger partial charge in [-0.2, -0.15) is 5.26 Å². The first-order valence-electron chi connectivity index (χ1n) is 4.51. The fourth-order valence-electron chi connectivity index (χ4n) is 1.56. The molecule has 0 saturated carbocycles. The molecular weight excluding hydrogens is 158 g/mol. The summed E-state index contributed by atoms with van der Waals surface area (Å²) in [7, 11) is 0. The molecule has 1 nitrogen and oxygen atoms in total. The van der Waals surface area contributed by atoms with E-state index in [1.54, 1.807) is 0 Å². The first-order chi connectivity index (χ1) is 6.07. The molecule has 0 aromatic heterocycles. The van der Waals surface area contributed by atoms with Crippen LogP contribution in [-0.2, 0) is 6.42 Å². The molecule has 0 aliphatic rings. The van der Waals surface area contributed by atoms with Crippen LogP contribution >= 0.6 is 0 Å². The van der Waals surface area contributed by atoms with Crippen LogP contribution in [0.15, 0.2) is 6.07 Å². The number of nitriles is 1. The maximum absolute atomic E-state index is 8.65. The predicted molar refractivity (Wildman–Crippen MR) is 54.7 cm³/mol. The molecule has 13 heavy (non-hydrogen) atoms. The summed E-state index contributed by atoms with van der Waals surface area (Å²) in [5.74, 6) is 0. The van der Waals surface area contributed by atoms with Crippen LogP contribution in [0.2, 0.25) is 0 Å². The molecule has 1 heteroatoms. The number of nitrogens with zero attached hydrogens (tertiary/aromatic N) is 1. The lowest BCUT2D eigenvalue weighted by Gasteiger charge is -2.11. The Balaban J connectivity index is 3.34. The standard InChI is InChI=1S/C12H15N/c1-8-7-12(5-6-13)11(4)10(3)9(8)2/h7H,5H2,1-4H3. The molecule has 0 radical (unpaired) electrons. The van der Waals surface area contributed by atoms with Gasteiger partial charge in [-0.1, -0.05) is 6.07 Å². The average molecular weight is 173 g/mol. The lowest BCUT2D eigenvalue weighted by molar-refractivity contribution is 1.13. The Morgan fingerprint density at radius 2 is 1.69 bits per heavy atom. The van der Waals surface area contributed by atoms with Gasteiger partial charge in [-0.3, -0.25) is 0 Å². The van der Waals surface area contributed by atoms with E-state index in [9.17, 15) is 0 Å². The van der Waals surface area contributed by atoms with Crippen LogP contribution in [0.5, 0.6) is 0 Å². The first kappa shape index (κ1) is 9.80. The van der Waals surface area contributed by atoms with Crippen molar-refractivity contribution in [2.24, 2.45) is 0 Å². The normalized spacial score (nSPS) is 9.77. The van der Waals surface area contributed by atoms with Gasteiger partial charge in [-0.25, -0.2) is 0 Å². The number of benzene rings is 1. The molecule has 1 rings (SSSR count). The Labute approximate surface area is 80.0 Å². The minimum atomic E-state index is 0.522. The summed E-state index contributed by atoms with van der Waals surface area (Å²) in [6.07, 6.45) is 0.522. The maximum atomic E-state index is 8.65. The molecule has 0 heterocycles. The van der Waals surface area contributed by atoms with Crippen molar-refractivity contribution < 1.29 is 0 Å². The zero-order valence-corrected chi connectivity index (χ0v) is 8.73. The zero-order chi connectivity index (χ0) is 10.0. The van der Waals surface area contributed by atoms with E-state index >= 15 is 0 Å². The molecule has 0 fully saturated rings. The lowest BCUT2D eigenvalue weighted by Crippen LogP contribution is -1.96. The number of hydrogen-bond acceptors (Lipinski definition) is 1. The van der Waals surface area contributed by atoms with Crippen molar-refractivity contribution in [2.75, 3.05) is 0 Å². The smallest absolute Gasteiger partial charge is 0.0669 e. The van der Waals surface area contributed by atoms with Gasteiger partial charge in [0.2, 0.25) is 0 Å². The predicted octanol–water partition coefficient (Wildman–Crippen LogP) is 2.99. The highest BCUT2D eigenvalue weighted by Gasteiger charge is 2.05. The van der Waals surface area contributed by atoms with Crippen molar-refractivity contribution in [1.82, 2.24) is 0 Å². The molecule has 68 valence electrons. The Morgan fingerprint density at radius 1 is 1.08 bits per heavy atom. The number of aryl methyl sites for hydroxylation is 1. The third-order valence-electron chi connectivity index (χ3n) is 2.86. The Hall–Kier alpha value is -1.29. The Bertz CT molecular complexity index is 370. The fourth-order valence-corrected chi connectivity index (χ4v) is 1.56. The van der Waals surface area contributed by atoms with Gasteiger partial charge in [0, 0.05) is 0 Å². The Kier molecular flexibility index (Phi) is 2.72. The third-order valence-corrected chi connectivity index (χ3v) is 2.86. The molecular formula is C12H15N. The van der Waals surface area contributed by atoms with Gasteiger partial charge < -0.3 is 0 Å². The van der Waals surface area contributed by atoms with Crippen molar-refractivity contribution in [1.29, 1.82) is 5.26 Å². The average Bonchev–Trinajstić information content (AvgIpc) is 2.11. The topological polar surface area (TPSA) is 23.8 Å². The van der Waals surface area contributed by atoms with Gasteiger partial charge in [-0.05, 0) is 55.5 Å². The van der Waals surface area contributed by atoms with Crippen LogP contribution in [0.3, 0.4) is 0 Å². The van der Waals surface area contributed by atoms with Crippen molar-refractivity contribution in [3.8, 4) is 6.07 Å². The summed E-state index contributed by atoms with van der Waals surface area (Å²) < 4.78 is 0. The van der Waals surface area contributed by atoms with Crippen molar-refractivity contribution in [2.45, 2.75) is 34.1 Å². The van der Waals surface area contributed by atoms with Crippen LogP contribution in [-0.4, -0.2) is 0 Å². The molecule has 0 saturated heterocycles. The molecule has 0 unspecified atom stereocenters. The molecule has 0 aliphatic carbocycles. The zero-order valence-electron chi connectivity index (χ0n) is 8.73. The van der Waals surface area contributed by atoms with Gasteiger partial charge in [0.1, 0.15) is 0 Å². The van der Waals surface area contributed by atoms with Crippen molar-refractivity contribution in [3.05, 3.63) is 33.9 Å². The van der Waals surface area contributed by atoms with Gasteiger partial charge in [0.25, 0.3) is 0 Å². The van der Waals surface area contributed by atoms with E-state index in [2.05, 4.69) is 39.8 Å². The molecule has 0 bridgehead atoms. The first-order valence-corrected chi connectivity index (χ1v) is 4.51. The van der Waals surface area contributed by atoms with Crippen LogP contribution in [0.25, 0.3) is 0 Å². The largest absolute Gasteiger partial charge is 0.198 e. The SMILES string of the molecule is Cc1cc(CC#N)c(C)c(C)c1C. The van der Waals surface area contributed by atoms with Gasteiger partial charge in [-0.15, -0.1) is 0 Å². The summed E-state index contributed by atoms with van der Waals surface area (Å²) in [4.78, 5) is 0. The second-order valence-electron chi connectivity index (χ2n) is 3.56. The highest BCUT2D eigenvalue weighted by Crippen LogP contribution is 2.21. The number of rotatable bonds is 1. The summed E-state index contributed by atoms with van der Waals surface area (Å²) in [5.41, 5.74) is 6.39. The lowest BCUT2D eigenvalue weighted by atomic mass is 9.93. The summed E-state index contributed by atoms with van der Waals surface area (Å²) in [6, 6.07) is 4.32. The monoisotopic (exact) mass is 173 g/mol. The van der Waals surface area contributed by atoms with E-state index in [0.717, 1.165) is 0 Å². The highest BCUT2D eigenvalue weighted by atomic mass is 14.2. The summed E-state index contributed by atoms with van der Waals surface area (Å²) in [5, 5.41) is 8.65. The number of hydrogen-bond donors (Lipinski definition) is 0. The van der Waals surface area contributed by atoms with E-state index in [1.807, 2.05) is 0 Å². The molecule has 1 aromatic carbocycles. The van der Waals surface area contributed by atoms with E-state index in [-0.39, 0.29) is 0 Å². The van der Waals surface area contributed by atoms with Gasteiger partial charge >= 0.3 is 0 Å². The third kappa shape index (κ3) is 1.72. The van der Waals surface area contributed by atoms with Crippen LogP contribution < -0.4 is 0 Å². The highest BCUT2D eigenvalue weighted by molar-refractivity contribution is 5.44. The summed E-state index contributed by atoms with van der Waals surface area (Å²) in [6.45, 7) is 8.45. The quantitative estimate of drug-likeness (QED) is 0.640. The maximum Gasteiger partial charge on any atom is 0.0669 e. The molecule has 0 spiro atoms. The van der Waals surface area contributed by atoms with Gasteiger partial charge in [0.05, 0.1) is 12.5 Å². The molecule has 0 amide bonds. The molecule has 1 aromatic rings. The minimum Gasteiger partial charge on any atom is -0.198 e. The Morgan fingerprint density at radius 3 is 2.23 bits per heavy atom. The summed E-state index contributed by atoms with van der Waals surface area (Å²) >= 11 is 0. The van der Waals surface area contributed by atoms with E-state index in [0.29, 0.717) is 6.42 Å². The van der Waals surface area contributed by atoms with Gasteiger partial charge in [0.15, 0.2) is 0 Å². The fraction of sp³-hybridized carbons (Fsp3) is 0.417. The van der Waals surface area contributed by atoms with Crippen molar-refractivity contribution >= 4 is 0 Å². The van der Waals surface area contributed by atoms with E-state index < -0.39 is 0 Å². The second-order valence-corrected chi connectivity index (χ2v) is 3.56. The van der Waals surface area contributed by atoms with E-state index in [1.165, 1.54) is 27.8 Å². The minimum absolute atomic E-state index is 0.522. The molecule has 0 atom stereocenters. The van der Waals surface area contributed by atoms with Crippen molar-refractivity contribution in [3.63, 3.8) is 0 Å². The second kappa shape index (κ2) is 3.62. The van der Waals surface area contributed by atoms with E-state index in [4.69, 9.17) is 5.26 Å². The molecule has 0 aliphatic heterocycles.